The molecule has 90 valence electrons. The van der Waals surface area contributed by atoms with Crippen LogP contribution in [0.3, 0.4) is 0 Å². The molecule has 17 heavy (non-hydrogen) atoms. The molecule has 0 atom stereocenters. The number of rotatable bonds is 3. The van der Waals surface area contributed by atoms with Crippen LogP contribution in [-0.2, 0) is 6.54 Å². The molecule has 0 aliphatic carbocycles. The fourth-order valence-electron chi connectivity index (χ4n) is 2.03. The highest BCUT2D eigenvalue weighted by molar-refractivity contribution is 5.39. The van der Waals surface area contributed by atoms with E-state index in [0.29, 0.717) is 5.69 Å². The van der Waals surface area contributed by atoms with Gasteiger partial charge in [0.2, 0.25) is 0 Å². The van der Waals surface area contributed by atoms with Crippen LogP contribution in [0.25, 0.3) is 10.4 Å². The quantitative estimate of drug-likeness (QED) is 0.455. The first-order valence-corrected chi connectivity index (χ1v) is 5.83. The third kappa shape index (κ3) is 3.46. The molecular formula is C12H17N5. The van der Waals surface area contributed by atoms with Crippen molar-refractivity contribution in [3.05, 3.63) is 40.3 Å². The highest BCUT2D eigenvalue weighted by Crippen LogP contribution is 2.16. The highest BCUT2D eigenvalue weighted by atomic mass is 15.2. The molecule has 0 radical (unpaired) electrons. The largest absolute Gasteiger partial charge is 0.304 e. The average Bonchev–Trinajstić information content (AvgIpc) is 2.33. The maximum atomic E-state index is 8.40. The summed E-state index contributed by atoms with van der Waals surface area (Å²) in [6.45, 7) is 5.37. The van der Waals surface area contributed by atoms with E-state index in [1.165, 1.54) is 5.56 Å². The Hall–Kier alpha value is -1.55. The zero-order valence-electron chi connectivity index (χ0n) is 10.1. The predicted molar refractivity (Wildman–Crippen MR) is 68.0 cm³/mol. The van der Waals surface area contributed by atoms with Crippen LogP contribution in [0, 0.1) is 0 Å². The van der Waals surface area contributed by atoms with Gasteiger partial charge in [0.15, 0.2) is 0 Å². The smallest absolute Gasteiger partial charge is 0.0378 e. The van der Waals surface area contributed by atoms with E-state index in [1.54, 1.807) is 0 Å². The number of hydrogen-bond donors (Lipinski definition) is 0. The Morgan fingerprint density at radius 3 is 2.76 bits per heavy atom. The number of benzene rings is 1. The van der Waals surface area contributed by atoms with Crippen molar-refractivity contribution in [3.8, 4) is 0 Å². The fraction of sp³-hybridized carbons (Fsp3) is 0.500. The fourth-order valence-corrected chi connectivity index (χ4v) is 2.03. The van der Waals surface area contributed by atoms with Crippen molar-refractivity contribution in [2.45, 2.75) is 6.54 Å². The molecular weight excluding hydrogens is 214 g/mol. The van der Waals surface area contributed by atoms with Crippen LogP contribution in [0.2, 0.25) is 0 Å². The van der Waals surface area contributed by atoms with Crippen LogP contribution < -0.4 is 0 Å². The van der Waals surface area contributed by atoms with Gasteiger partial charge in [0.25, 0.3) is 0 Å². The topological polar surface area (TPSA) is 55.2 Å². The minimum Gasteiger partial charge on any atom is -0.304 e. The van der Waals surface area contributed by atoms with Crippen LogP contribution in [-0.4, -0.2) is 43.0 Å². The molecule has 0 N–H and O–H groups in total. The van der Waals surface area contributed by atoms with Crippen molar-refractivity contribution in [1.29, 1.82) is 0 Å². The standard InChI is InChI=1S/C12H17N5/c1-16-5-7-17(8-6-16)10-11-3-2-4-12(9-11)14-15-13/h2-4,9H,5-8,10H2,1H3. The molecule has 1 heterocycles. The summed E-state index contributed by atoms with van der Waals surface area (Å²) < 4.78 is 0. The van der Waals surface area contributed by atoms with Gasteiger partial charge >= 0.3 is 0 Å². The van der Waals surface area contributed by atoms with Gasteiger partial charge < -0.3 is 4.90 Å². The van der Waals surface area contributed by atoms with Crippen LogP contribution >= 0.6 is 0 Å². The second kappa shape index (κ2) is 5.68. The third-order valence-electron chi connectivity index (χ3n) is 3.07. The summed E-state index contributed by atoms with van der Waals surface area (Å²) in [5.74, 6) is 0. The van der Waals surface area contributed by atoms with E-state index in [0.717, 1.165) is 32.7 Å². The summed E-state index contributed by atoms with van der Waals surface area (Å²) in [5.41, 5.74) is 10.3. The van der Waals surface area contributed by atoms with Crippen molar-refractivity contribution in [2.75, 3.05) is 33.2 Å². The van der Waals surface area contributed by atoms with E-state index < -0.39 is 0 Å². The molecule has 1 fully saturated rings. The first-order chi connectivity index (χ1) is 8.28. The minimum absolute atomic E-state index is 0.694. The Bertz CT molecular complexity index is 417. The van der Waals surface area contributed by atoms with E-state index in [2.05, 4.69) is 32.9 Å². The molecule has 0 spiro atoms. The number of nitrogens with zero attached hydrogens (tertiary/aromatic N) is 5. The molecule has 1 saturated heterocycles. The second-order valence-electron chi connectivity index (χ2n) is 4.44. The lowest BCUT2D eigenvalue weighted by Crippen LogP contribution is -2.43. The van der Waals surface area contributed by atoms with E-state index in [1.807, 2.05) is 18.2 Å². The molecule has 0 aromatic heterocycles. The van der Waals surface area contributed by atoms with Gasteiger partial charge in [-0.15, -0.1) is 0 Å². The molecule has 0 bridgehead atoms. The van der Waals surface area contributed by atoms with Crippen molar-refractivity contribution in [3.63, 3.8) is 0 Å². The third-order valence-corrected chi connectivity index (χ3v) is 3.07. The maximum absolute atomic E-state index is 8.40. The molecule has 1 aromatic rings. The average molecular weight is 231 g/mol. The van der Waals surface area contributed by atoms with Crippen molar-refractivity contribution in [1.82, 2.24) is 9.80 Å². The van der Waals surface area contributed by atoms with E-state index in [9.17, 15) is 0 Å². The lowest BCUT2D eigenvalue weighted by atomic mass is 10.2. The summed E-state index contributed by atoms with van der Waals surface area (Å²) in [5, 5.41) is 3.63. The Kier molecular flexibility index (Phi) is 3.98. The van der Waals surface area contributed by atoms with Gasteiger partial charge in [-0.05, 0) is 24.2 Å². The zero-order chi connectivity index (χ0) is 12.1. The van der Waals surface area contributed by atoms with Crippen LogP contribution in [0.5, 0.6) is 0 Å². The molecule has 5 nitrogen and oxygen atoms in total. The first kappa shape index (κ1) is 11.9. The van der Waals surface area contributed by atoms with Crippen molar-refractivity contribution in [2.24, 2.45) is 5.11 Å². The molecule has 2 rings (SSSR count). The zero-order valence-corrected chi connectivity index (χ0v) is 10.1. The summed E-state index contributed by atoms with van der Waals surface area (Å²) in [7, 11) is 2.15. The highest BCUT2D eigenvalue weighted by Gasteiger charge is 2.13. The number of hydrogen-bond acceptors (Lipinski definition) is 3. The first-order valence-electron chi connectivity index (χ1n) is 5.83. The second-order valence-corrected chi connectivity index (χ2v) is 4.44. The number of azide groups is 1. The van der Waals surface area contributed by atoms with Gasteiger partial charge in [-0.3, -0.25) is 4.90 Å². The van der Waals surface area contributed by atoms with Gasteiger partial charge in [-0.2, -0.15) is 0 Å². The van der Waals surface area contributed by atoms with Crippen molar-refractivity contribution >= 4 is 5.69 Å². The summed E-state index contributed by atoms with van der Waals surface area (Å²) in [6.07, 6.45) is 0. The van der Waals surface area contributed by atoms with Crippen LogP contribution in [0.15, 0.2) is 29.4 Å². The molecule has 5 heteroatoms. The maximum Gasteiger partial charge on any atom is 0.0378 e. The monoisotopic (exact) mass is 231 g/mol. The Labute approximate surface area is 101 Å². The number of piperazine rings is 1. The van der Waals surface area contributed by atoms with Gasteiger partial charge in [0.05, 0.1) is 0 Å². The number of likely N-dealkylation sites (N-methyl/N-ethyl adjacent to an activating group) is 1. The Morgan fingerprint density at radius 2 is 2.06 bits per heavy atom. The lowest BCUT2D eigenvalue weighted by molar-refractivity contribution is 0.148. The Balaban J connectivity index is 1.98. The van der Waals surface area contributed by atoms with Crippen molar-refractivity contribution < 1.29 is 0 Å². The van der Waals surface area contributed by atoms with Gasteiger partial charge in [-0.25, -0.2) is 0 Å². The minimum atomic E-state index is 0.694. The molecule has 1 aromatic carbocycles. The lowest BCUT2D eigenvalue weighted by Gasteiger charge is -2.32. The van der Waals surface area contributed by atoms with Gasteiger partial charge in [0.1, 0.15) is 0 Å². The molecule has 1 aliphatic heterocycles. The summed E-state index contributed by atoms with van der Waals surface area (Å²) in [6, 6.07) is 7.80. The van der Waals surface area contributed by atoms with Crippen LogP contribution in [0.1, 0.15) is 5.56 Å². The molecule has 0 saturated carbocycles. The normalized spacial score (nSPS) is 17.7. The van der Waals surface area contributed by atoms with E-state index in [-0.39, 0.29) is 0 Å². The SMILES string of the molecule is CN1CCN(Cc2cccc(N=[N+]=[N-])c2)CC1. The summed E-state index contributed by atoms with van der Waals surface area (Å²) >= 11 is 0. The van der Waals surface area contributed by atoms with E-state index in [4.69, 9.17) is 5.53 Å². The molecule has 0 unspecified atom stereocenters. The van der Waals surface area contributed by atoms with Crippen LogP contribution in [0.4, 0.5) is 5.69 Å². The van der Waals surface area contributed by atoms with Gasteiger partial charge in [0, 0.05) is 43.3 Å². The summed E-state index contributed by atoms with van der Waals surface area (Å²) in [4.78, 5) is 7.57. The van der Waals surface area contributed by atoms with Gasteiger partial charge in [-0.1, -0.05) is 23.3 Å². The molecule has 0 amide bonds. The molecule has 1 aliphatic rings. The van der Waals surface area contributed by atoms with E-state index >= 15 is 0 Å². The predicted octanol–water partition coefficient (Wildman–Crippen LogP) is 2.38. The Morgan fingerprint density at radius 1 is 1.29 bits per heavy atom.